The number of thiocarbonyl (C=S) groups is 1. The molecule has 2 aromatic rings. The highest BCUT2D eigenvalue weighted by atomic mass is 32.1. The lowest BCUT2D eigenvalue weighted by atomic mass is 9.90. The number of anilines is 1. The highest BCUT2D eigenvalue weighted by Gasteiger charge is 2.39. The van der Waals surface area contributed by atoms with Gasteiger partial charge in [-0.05, 0) is 44.1 Å². The second kappa shape index (κ2) is 10.5. The van der Waals surface area contributed by atoms with Gasteiger partial charge in [0.25, 0.3) is 0 Å². The van der Waals surface area contributed by atoms with Crippen LogP contribution in [0, 0.1) is 0 Å². The van der Waals surface area contributed by atoms with Crippen LogP contribution in [0.3, 0.4) is 0 Å². The smallest absolute Gasteiger partial charge is 0.414 e. The van der Waals surface area contributed by atoms with E-state index in [0.717, 1.165) is 16.8 Å². The number of rotatable bonds is 6. The molecule has 7 nitrogen and oxygen atoms in total. The largest absolute Gasteiger partial charge is 0.493 e. The van der Waals surface area contributed by atoms with Crippen molar-refractivity contribution in [3.63, 3.8) is 0 Å². The van der Waals surface area contributed by atoms with Crippen LogP contribution >= 0.6 is 12.2 Å². The lowest BCUT2D eigenvalue weighted by Crippen LogP contribution is -2.49. The summed E-state index contributed by atoms with van der Waals surface area (Å²) in [6, 6.07) is 13.8. The summed E-state index contributed by atoms with van der Waals surface area (Å²) >= 11 is 5.71. The van der Waals surface area contributed by atoms with Gasteiger partial charge in [0.05, 0.1) is 32.6 Å². The number of nitrogens with zero attached hydrogens (tertiary/aromatic N) is 2. The Bertz CT molecular complexity index is 954. The van der Waals surface area contributed by atoms with E-state index in [9.17, 15) is 4.79 Å². The van der Waals surface area contributed by atoms with Crippen LogP contribution in [0.5, 0.6) is 11.5 Å². The molecule has 2 atom stereocenters. The molecule has 0 saturated heterocycles. The number of hydrogen-bond donors (Lipinski definition) is 1. The summed E-state index contributed by atoms with van der Waals surface area (Å²) in [5.74, 6) is 1.16. The Morgan fingerprint density at radius 1 is 1.19 bits per heavy atom. The Morgan fingerprint density at radius 3 is 2.44 bits per heavy atom. The Hall–Kier alpha value is -3.00. The summed E-state index contributed by atoms with van der Waals surface area (Å²) in [6.45, 7) is 4.76. The van der Waals surface area contributed by atoms with Gasteiger partial charge < -0.3 is 24.4 Å². The molecule has 1 amide bonds. The molecule has 2 aromatic carbocycles. The zero-order chi connectivity index (χ0) is 23.3. The second-order valence-corrected chi connectivity index (χ2v) is 7.99. The third-order valence-electron chi connectivity index (χ3n) is 5.67. The van der Waals surface area contributed by atoms with E-state index in [1.165, 1.54) is 0 Å². The van der Waals surface area contributed by atoms with Crippen LogP contribution in [0.1, 0.15) is 37.4 Å². The minimum Gasteiger partial charge on any atom is -0.493 e. The average Bonchev–Trinajstić information content (AvgIpc) is 2.81. The third kappa shape index (κ3) is 4.75. The fourth-order valence-corrected chi connectivity index (χ4v) is 4.36. The van der Waals surface area contributed by atoms with Crippen LogP contribution in [0.2, 0.25) is 0 Å². The number of ether oxygens (including phenoxy) is 3. The Balaban J connectivity index is 2.14. The first-order valence-electron chi connectivity index (χ1n) is 10.7. The van der Waals surface area contributed by atoms with Crippen molar-refractivity contribution < 1.29 is 19.0 Å². The van der Waals surface area contributed by atoms with Gasteiger partial charge in [-0.1, -0.05) is 30.3 Å². The monoisotopic (exact) mass is 457 g/mol. The number of carbonyl (C=O) groups excluding carboxylic acids is 1. The number of fused-ring (bicyclic) bond motifs is 1. The first kappa shape index (κ1) is 23.7. The molecular weight excluding hydrogens is 426 g/mol. The van der Waals surface area contributed by atoms with Crippen molar-refractivity contribution in [2.24, 2.45) is 0 Å². The maximum atomic E-state index is 12.9. The molecule has 1 aliphatic heterocycles. The Morgan fingerprint density at radius 2 is 1.84 bits per heavy atom. The summed E-state index contributed by atoms with van der Waals surface area (Å²) in [5.41, 5.74) is 2.82. The number of nitrogens with one attached hydrogen (secondary N) is 1. The van der Waals surface area contributed by atoms with Crippen LogP contribution in [0.25, 0.3) is 0 Å². The number of amides is 1. The molecule has 1 aliphatic rings. The summed E-state index contributed by atoms with van der Waals surface area (Å²) in [7, 11) is 5.02. The fourth-order valence-electron chi connectivity index (χ4n) is 4.17. The van der Waals surface area contributed by atoms with Crippen molar-refractivity contribution >= 4 is 29.1 Å². The first-order chi connectivity index (χ1) is 15.4. The predicted octanol–water partition coefficient (Wildman–Crippen LogP) is 4.51. The number of hydrogen-bond acceptors (Lipinski definition) is 5. The standard InChI is InChI=1S/C24H31N3O4S/c1-6-31-24(28)27-16(2)12-19(18-13-21(29-4)22(30-5)14-20(18)27)26(23(32)25-3)15-17-10-8-7-9-11-17/h7-11,13-14,16,19H,6,12,15H2,1-5H3,(H,25,32)/t16?,19-/m0/s1. The van der Waals surface area contributed by atoms with Crippen molar-refractivity contribution in [1.82, 2.24) is 10.2 Å². The highest BCUT2D eigenvalue weighted by molar-refractivity contribution is 7.80. The quantitative estimate of drug-likeness (QED) is 0.641. The summed E-state index contributed by atoms with van der Waals surface area (Å²) in [4.78, 5) is 16.7. The number of methoxy groups -OCH3 is 2. The predicted molar refractivity (Wildman–Crippen MR) is 130 cm³/mol. The third-order valence-corrected chi connectivity index (χ3v) is 6.11. The molecule has 0 saturated carbocycles. The maximum absolute atomic E-state index is 12.9. The van der Waals surface area contributed by atoms with Gasteiger partial charge in [-0.15, -0.1) is 0 Å². The lowest BCUT2D eigenvalue weighted by molar-refractivity contribution is 0.153. The lowest BCUT2D eigenvalue weighted by Gasteiger charge is -2.44. The zero-order valence-electron chi connectivity index (χ0n) is 19.3. The molecule has 172 valence electrons. The number of benzene rings is 2. The zero-order valence-corrected chi connectivity index (χ0v) is 20.1. The molecule has 0 fully saturated rings. The van der Waals surface area contributed by atoms with E-state index >= 15 is 0 Å². The molecule has 0 aliphatic carbocycles. The Kier molecular flexibility index (Phi) is 7.80. The van der Waals surface area contributed by atoms with E-state index in [1.54, 1.807) is 26.0 Å². The normalized spacial score (nSPS) is 17.2. The average molecular weight is 458 g/mol. The van der Waals surface area contributed by atoms with E-state index in [1.807, 2.05) is 44.3 Å². The molecule has 0 radical (unpaired) electrons. The number of carbonyl (C=O) groups is 1. The molecule has 1 unspecified atom stereocenters. The molecule has 8 heteroatoms. The van der Waals surface area contributed by atoms with Gasteiger partial charge in [0.1, 0.15) is 0 Å². The van der Waals surface area contributed by atoms with E-state index < -0.39 is 0 Å². The molecular formula is C24H31N3O4S. The SMILES string of the molecule is CCOC(=O)N1c2cc(OC)c(OC)cc2[C@@H](N(Cc2ccccc2)C(=S)NC)CC1C. The van der Waals surface area contributed by atoms with Crippen molar-refractivity contribution in [2.75, 3.05) is 32.8 Å². The summed E-state index contributed by atoms with van der Waals surface area (Å²) < 4.78 is 16.5. The van der Waals surface area contributed by atoms with Crippen molar-refractivity contribution in [1.29, 1.82) is 0 Å². The van der Waals surface area contributed by atoms with Gasteiger partial charge in [-0.3, -0.25) is 4.90 Å². The highest BCUT2D eigenvalue weighted by Crippen LogP contribution is 2.46. The molecule has 3 rings (SSSR count). The van der Waals surface area contributed by atoms with E-state index in [4.69, 9.17) is 26.4 Å². The molecule has 1 N–H and O–H groups in total. The van der Waals surface area contributed by atoms with Crippen molar-refractivity contribution in [3.8, 4) is 11.5 Å². The maximum Gasteiger partial charge on any atom is 0.414 e. The van der Waals surface area contributed by atoms with E-state index in [2.05, 4.69) is 22.3 Å². The fraction of sp³-hybridized carbons (Fsp3) is 0.417. The molecule has 32 heavy (non-hydrogen) atoms. The van der Waals surface area contributed by atoms with E-state index in [0.29, 0.717) is 36.2 Å². The summed E-state index contributed by atoms with van der Waals surface area (Å²) in [6.07, 6.45) is 0.299. The van der Waals surface area contributed by atoms with E-state index in [-0.39, 0.29) is 18.2 Å². The Labute approximate surface area is 195 Å². The van der Waals surface area contributed by atoms with Gasteiger partial charge in [0.2, 0.25) is 0 Å². The molecule has 0 spiro atoms. The minimum absolute atomic E-state index is 0.0781. The minimum atomic E-state index is -0.377. The first-order valence-corrected chi connectivity index (χ1v) is 11.1. The van der Waals surface area contributed by atoms with Crippen LogP contribution < -0.4 is 19.7 Å². The van der Waals surface area contributed by atoms with Crippen LogP contribution in [-0.4, -0.2) is 50.0 Å². The van der Waals surface area contributed by atoms with Gasteiger partial charge >= 0.3 is 6.09 Å². The molecule has 0 bridgehead atoms. The van der Waals surface area contributed by atoms with Crippen LogP contribution in [0.15, 0.2) is 42.5 Å². The van der Waals surface area contributed by atoms with Gasteiger partial charge in [0.15, 0.2) is 16.6 Å². The van der Waals surface area contributed by atoms with Gasteiger partial charge in [0, 0.05) is 31.3 Å². The van der Waals surface area contributed by atoms with Gasteiger partial charge in [-0.2, -0.15) is 0 Å². The topological polar surface area (TPSA) is 63.3 Å². The van der Waals surface area contributed by atoms with Crippen molar-refractivity contribution in [3.05, 3.63) is 53.6 Å². The van der Waals surface area contributed by atoms with Crippen LogP contribution in [-0.2, 0) is 11.3 Å². The van der Waals surface area contributed by atoms with Crippen LogP contribution in [0.4, 0.5) is 10.5 Å². The summed E-state index contributed by atoms with van der Waals surface area (Å²) in [5, 5.41) is 3.77. The molecule has 1 heterocycles. The second-order valence-electron chi connectivity index (χ2n) is 7.60. The molecule has 0 aromatic heterocycles. The van der Waals surface area contributed by atoms with Crippen molar-refractivity contribution in [2.45, 2.75) is 38.9 Å². The van der Waals surface area contributed by atoms with Gasteiger partial charge in [-0.25, -0.2) is 4.79 Å².